The molecule has 0 unspecified atom stereocenters. The number of carboxylic acid groups (broad SMARTS) is 1. The van der Waals surface area contributed by atoms with E-state index in [-0.39, 0.29) is 6.42 Å². The number of halogens is 3. The van der Waals surface area contributed by atoms with Gasteiger partial charge in [0.1, 0.15) is 12.6 Å². The molecule has 0 bridgehead atoms. The average Bonchev–Trinajstić information content (AvgIpc) is 2.41. The Morgan fingerprint density at radius 2 is 1.86 bits per heavy atom. The summed E-state index contributed by atoms with van der Waals surface area (Å²) in [5.74, 6) is -0.985. The maximum Gasteiger partial charge on any atom is 0.407 e. The van der Waals surface area contributed by atoms with Gasteiger partial charge in [-0.15, -0.1) is 0 Å². The molecular weight excluding hydrogens is 289 g/mol. The van der Waals surface area contributed by atoms with Crippen LogP contribution >= 0.6 is 0 Å². The van der Waals surface area contributed by atoms with E-state index in [2.05, 4.69) is 0 Å². The quantitative estimate of drug-likeness (QED) is 0.872. The largest absolute Gasteiger partial charge is 0.465 e. The molecule has 1 aromatic carbocycles. The van der Waals surface area contributed by atoms with Crippen LogP contribution in [0.5, 0.6) is 0 Å². The summed E-state index contributed by atoms with van der Waals surface area (Å²) in [6, 6.07) is 7.23. The number of nitrogens with one attached hydrogen (secondary N) is 1. The van der Waals surface area contributed by atoms with Gasteiger partial charge in [-0.2, -0.15) is 13.2 Å². The van der Waals surface area contributed by atoms with Gasteiger partial charge in [-0.1, -0.05) is 30.3 Å². The molecule has 116 valence electrons. The van der Waals surface area contributed by atoms with Crippen LogP contribution in [0.1, 0.15) is 5.56 Å². The molecule has 0 radical (unpaired) electrons. The van der Waals surface area contributed by atoms with Crippen molar-refractivity contribution in [3.8, 4) is 0 Å². The molecule has 0 aliphatic carbocycles. The third-order valence-electron chi connectivity index (χ3n) is 2.81. The first kappa shape index (κ1) is 16.8. The number of benzene rings is 1. The zero-order valence-electron chi connectivity index (χ0n) is 11.2. The van der Waals surface area contributed by atoms with Crippen LogP contribution in [0.15, 0.2) is 30.3 Å². The molecule has 0 saturated heterocycles. The summed E-state index contributed by atoms with van der Waals surface area (Å²) in [5.41, 5.74) is 0.651. The van der Waals surface area contributed by atoms with E-state index >= 15 is 0 Å². The first-order chi connectivity index (χ1) is 9.70. The standard InChI is InChI=1S/C13H15F3N2O3/c1-18(12(20)21)10(7-9-5-3-2-4-6-9)11(19)17-8-13(14,15)16/h2-6,10H,7-8H2,1H3,(H,17,19)(H,20,21)/t10-/m1/s1. The van der Waals surface area contributed by atoms with Crippen molar-refractivity contribution in [2.24, 2.45) is 0 Å². The summed E-state index contributed by atoms with van der Waals surface area (Å²) in [6.45, 7) is -1.50. The fraction of sp³-hybridized carbons (Fsp3) is 0.385. The molecule has 0 heterocycles. The van der Waals surface area contributed by atoms with E-state index in [0.717, 1.165) is 7.05 Å². The Balaban J connectivity index is 2.82. The summed E-state index contributed by atoms with van der Waals surface area (Å²) in [5, 5.41) is 10.6. The van der Waals surface area contributed by atoms with Crippen LogP contribution in [0.25, 0.3) is 0 Å². The van der Waals surface area contributed by atoms with Crippen LogP contribution in [0, 0.1) is 0 Å². The van der Waals surface area contributed by atoms with E-state index in [1.807, 2.05) is 0 Å². The molecule has 0 aromatic heterocycles. The molecular formula is C13H15F3N2O3. The van der Waals surface area contributed by atoms with Gasteiger partial charge >= 0.3 is 12.3 Å². The lowest BCUT2D eigenvalue weighted by Gasteiger charge is -2.25. The molecule has 5 nitrogen and oxygen atoms in total. The molecule has 1 atom stereocenters. The van der Waals surface area contributed by atoms with Gasteiger partial charge in [-0.05, 0) is 5.56 Å². The van der Waals surface area contributed by atoms with Crippen LogP contribution in [-0.4, -0.2) is 47.8 Å². The fourth-order valence-electron chi connectivity index (χ4n) is 1.68. The Morgan fingerprint density at radius 1 is 1.29 bits per heavy atom. The molecule has 1 rings (SSSR count). The number of rotatable bonds is 5. The molecule has 2 N–H and O–H groups in total. The average molecular weight is 304 g/mol. The molecule has 0 aliphatic heterocycles. The van der Waals surface area contributed by atoms with Crippen molar-refractivity contribution in [2.45, 2.75) is 18.6 Å². The summed E-state index contributed by atoms with van der Waals surface area (Å²) < 4.78 is 36.4. The van der Waals surface area contributed by atoms with Crippen LogP contribution < -0.4 is 5.32 Å². The molecule has 8 heteroatoms. The molecule has 21 heavy (non-hydrogen) atoms. The maximum atomic E-state index is 12.1. The molecule has 0 aliphatic rings. The highest BCUT2D eigenvalue weighted by Gasteiger charge is 2.32. The van der Waals surface area contributed by atoms with Crippen molar-refractivity contribution in [3.63, 3.8) is 0 Å². The van der Waals surface area contributed by atoms with Crippen molar-refractivity contribution < 1.29 is 27.9 Å². The highest BCUT2D eigenvalue weighted by molar-refractivity contribution is 5.85. The number of hydrogen-bond donors (Lipinski definition) is 2. The number of carbonyl (C=O) groups is 2. The summed E-state index contributed by atoms with van der Waals surface area (Å²) >= 11 is 0. The summed E-state index contributed by atoms with van der Waals surface area (Å²) in [4.78, 5) is 23.5. The van der Waals surface area contributed by atoms with Crippen molar-refractivity contribution in [1.82, 2.24) is 10.2 Å². The smallest absolute Gasteiger partial charge is 0.407 e. The fourth-order valence-corrected chi connectivity index (χ4v) is 1.68. The number of amides is 2. The van der Waals surface area contributed by atoms with Gasteiger partial charge in [-0.3, -0.25) is 9.69 Å². The van der Waals surface area contributed by atoms with E-state index in [1.54, 1.807) is 35.6 Å². The van der Waals surface area contributed by atoms with E-state index in [1.165, 1.54) is 0 Å². The maximum absolute atomic E-state index is 12.1. The van der Waals surface area contributed by atoms with Gasteiger partial charge in [0, 0.05) is 13.5 Å². The Morgan fingerprint density at radius 3 is 2.33 bits per heavy atom. The third kappa shape index (κ3) is 5.72. The van der Waals surface area contributed by atoms with Crippen LogP contribution in [0.3, 0.4) is 0 Å². The number of likely N-dealkylation sites (N-methyl/N-ethyl adjacent to an activating group) is 1. The first-order valence-electron chi connectivity index (χ1n) is 6.05. The second-order valence-electron chi connectivity index (χ2n) is 4.43. The minimum absolute atomic E-state index is 0.00662. The van der Waals surface area contributed by atoms with Crippen molar-refractivity contribution >= 4 is 12.0 Å². The lowest BCUT2D eigenvalue weighted by molar-refractivity contribution is -0.141. The molecule has 1 aromatic rings. The minimum Gasteiger partial charge on any atom is -0.465 e. The lowest BCUT2D eigenvalue weighted by Crippen LogP contribution is -2.50. The SMILES string of the molecule is CN(C(=O)O)[C@H](Cc1ccccc1)C(=O)NCC(F)(F)F. The highest BCUT2D eigenvalue weighted by atomic mass is 19.4. The Kier molecular flexibility index (Phi) is 5.57. The van der Waals surface area contributed by atoms with Crippen molar-refractivity contribution in [2.75, 3.05) is 13.6 Å². The van der Waals surface area contributed by atoms with Gasteiger partial charge in [0.05, 0.1) is 0 Å². The Labute approximate surface area is 119 Å². The van der Waals surface area contributed by atoms with Gasteiger partial charge in [0.25, 0.3) is 0 Å². The van der Waals surface area contributed by atoms with E-state index in [9.17, 15) is 22.8 Å². The molecule has 2 amide bonds. The van der Waals surface area contributed by atoms with Gasteiger partial charge in [-0.25, -0.2) is 4.79 Å². The zero-order valence-corrected chi connectivity index (χ0v) is 11.2. The Bertz CT molecular complexity index is 491. The predicted molar refractivity (Wildman–Crippen MR) is 68.8 cm³/mol. The molecule has 0 spiro atoms. The summed E-state index contributed by atoms with van der Waals surface area (Å²) in [7, 11) is 1.14. The molecule has 0 saturated carbocycles. The number of hydrogen-bond acceptors (Lipinski definition) is 2. The third-order valence-corrected chi connectivity index (χ3v) is 2.81. The molecule has 0 fully saturated rings. The predicted octanol–water partition coefficient (Wildman–Crippen LogP) is 1.89. The van der Waals surface area contributed by atoms with Gasteiger partial charge in [0.15, 0.2) is 0 Å². The van der Waals surface area contributed by atoms with Gasteiger partial charge < -0.3 is 10.4 Å². The second-order valence-corrected chi connectivity index (χ2v) is 4.43. The lowest BCUT2D eigenvalue weighted by atomic mass is 10.0. The first-order valence-corrected chi connectivity index (χ1v) is 6.05. The Hall–Kier alpha value is -2.25. The normalized spacial score (nSPS) is 12.6. The van der Waals surface area contributed by atoms with E-state index in [0.29, 0.717) is 10.5 Å². The number of alkyl halides is 3. The highest BCUT2D eigenvalue weighted by Crippen LogP contribution is 2.13. The van der Waals surface area contributed by atoms with Crippen LogP contribution in [-0.2, 0) is 11.2 Å². The minimum atomic E-state index is -4.55. The number of carbonyl (C=O) groups excluding carboxylic acids is 1. The zero-order chi connectivity index (χ0) is 16.0. The van der Waals surface area contributed by atoms with Crippen LogP contribution in [0.2, 0.25) is 0 Å². The monoisotopic (exact) mass is 304 g/mol. The van der Waals surface area contributed by atoms with E-state index < -0.39 is 30.8 Å². The van der Waals surface area contributed by atoms with E-state index in [4.69, 9.17) is 5.11 Å². The summed E-state index contributed by atoms with van der Waals surface area (Å²) in [6.07, 6.45) is -5.94. The number of nitrogens with zero attached hydrogens (tertiary/aromatic N) is 1. The van der Waals surface area contributed by atoms with Gasteiger partial charge in [0.2, 0.25) is 5.91 Å². The van der Waals surface area contributed by atoms with Crippen molar-refractivity contribution in [3.05, 3.63) is 35.9 Å². The second kappa shape index (κ2) is 6.96. The van der Waals surface area contributed by atoms with Crippen molar-refractivity contribution in [1.29, 1.82) is 0 Å². The van der Waals surface area contributed by atoms with Crippen LogP contribution in [0.4, 0.5) is 18.0 Å². The topological polar surface area (TPSA) is 69.6 Å².